The van der Waals surface area contributed by atoms with E-state index in [0.717, 1.165) is 24.1 Å². The highest BCUT2D eigenvalue weighted by molar-refractivity contribution is 4.97. The number of aliphatic hydroxyl groups is 1. The van der Waals surface area contributed by atoms with Gasteiger partial charge in [-0.3, -0.25) is 4.68 Å². The molecule has 0 aromatic carbocycles. The summed E-state index contributed by atoms with van der Waals surface area (Å²) in [5.41, 5.74) is 0.770. The second-order valence-electron chi connectivity index (χ2n) is 4.00. The van der Waals surface area contributed by atoms with Gasteiger partial charge in [0.2, 0.25) is 0 Å². The standard InChI is InChI=1S/C10H16N2O/c1-8-2-3-9(8)6-12-5-4-10(7-13)11-12/h4-5,8-9,13H,2-3,6-7H2,1H3. The molecule has 0 aliphatic heterocycles. The molecule has 2 rings (SSSR count). The van der Waals surface area contributed by atoms with Gasteiger partial charge in [0.15, 0.2) is 0 Å². The van der Waals surface area contributed by atoms with Crippen LogP contribution < -0.4 is 0 Å². The fourth-order valence-corrected chi connectivity index (χ4v) is 1.84. The van der Waals surface area contributed by atoms with Crippen molar-refractivity contribution >= 4 is 0 Å². The van der Waals surface area contributed by atoms with E-state index in [1.807, 2.05) is 16.9 Å². The summed E-state index contributed by atoms with van der Waals surface area (Å²) < 4.78 is 1.95. The Bertz CT molecular complexity index is 282. The van der Waals surface area contributed by atoms with Crippen molar-refractivity contribution in [3.8, 4) is 0 Å². The lowest BCUT2D eigenvalue weighted by Gasteiger charge is -2.33. The summed E-state index contributed by atoms with van der Waals surface area (Å²) in [6.45, 7) is 3.36. The molecule has 0 bridgehead atoms. The third-order valence-electron chi connectivity index (χ3n) is 3.08. The van der Waals surface area contributed by atoms with E-state index in [4.69, 9.17) is 5.11 Å². The van der Waals surface area contributed by atoms with Crippen molar-refractivity contribution in [1.82, 2.24) is 9.78 Å². The molecule has 1 heterocycles. The largest absolute Gasteiger partial charge is 0.390 e. The molecular weight excluding hydrogens is 164 g/mol. The van der Waals surface area contributed by atoms with Crippen LogP contribution in [-0.4, -0.2) is 14.9 Å². The zero-order valence-electron chi connectivity index (χ0n) is 7.98. The predicted molar refractivity (Wildman–Crippen MR) is 50.0 cm³/mol. The van der Waals surface area contributed by atoms with Crippen molar-refractivity contribution in [2.75, 3.05) is 0 Å². The molecule has 2 atom stereocenters. The highest BCUT2D eigenvalue weighted by Gasteiger charge is 2.26. The van der Waals surface area contributed by atoms with E-state index < -0.39 is 0 Å². The quantitative estimate of drug-likeness (QED) is 0.764. The first kappa shape index (κ1) is 8.75. The maximum atomic E-state index is 8.83. The molecule has 1 fully saturated rings. The summed E-state index contributed by atoms with van der Waals surface area (Å²) in [5, 5.41) is 13.1. The number of aromatic nitrogens is 2. The molecule has 1 aromatic rings. The van der Waals surface area contributed by atoms with Gasteiger partial charge in [0, 0.05) is 12.7 Å². The molecule has 72 valence electrons. The minimum atomic E-state index is 0.0488. The van der Waals surface area contributed by atoms with Gasteiger partial charge in [0.05, 0.1) is 12.3 Å². The molecule has 3 nitrogen and oxygen atoms in total. The van der Waals surface area contributed by atoms with Crippen LogP contribution in [0.25, 0.3) is 0 Å². The average Bonchev–Trinajstić information content (AvgIpc) is 2.59. The summed E-state index contributed by atoms with van der Waals surface area (Å²) in [6, 6.07) is 1.88. The van der Waals surface area contributed by atoms with E-state index in [1.165, 1.54) is 12.8 Å². The molecule has 2 unspecified atom stereocenters. The van der Waals surface area contributed by atoms with Crippen molar-refractivity contribution in [3.63, 3.8) is 0 Å². The normalized spacial score (nSPS) is 27.2. The van der Waals surface area contributed by atoms with Gasteiger partial charge in [-0.15, -0.1) is 0 Å². The molecular formula is C10H16N2O. The van der Waals surface area contributed by atoms with Crippen LogP contribution in [0.4, 0.5) is 0 Å². The summed E-state index contributed by atoms with van der Waals surface area (Å²) in [7, 11) is 0. The number of nitrogens with zero attached hydrogens (tertiary/aromatic N) is 2. The third kappa shape index (κ3) is 1.75. The van der Waals surface area contributed by atoms with Crippen molar-refractivity contribution in [2.45, 2.75) is 32.9 Å². The highest BCUT2D eigenvalue weighted by Crippen LogP contribution is 2.34. The van der Waals surface area contributed by atoms with Crippen LogP contribution in [0.2, 0.25) is 0 Å². The van der Waals surface area contributed by atoms with Gasteiger partial charge in [-0.2, -0.15) is 5.10 Å². The van der Waals surface area contributed by atoms with Gasteiger partial charge in [-0.05, 0) is 24.3 Å². The smallest absolute Gasteiger partial charge is 0.0878 e. The molecule has 1 N–H and O–H groups in total. The molecule has 3 heteroatoms. The SMILES string of the molecule is CC1CCC1Cn1ccc(CO)n1. The fraction of sp³-hybridized carbons (Fsp3) is 0.700. The van der Waals surface area contributed by atoms with Gasteiger partial charge < -0.3 is 5.11 Å². The van der Waals surface area contributed by atoms with E-state index in [-0.39, 0.29) is 6.61 Å². The molecule has 0 saturated heterocycles. The lowest BCUT2D eigenvalue weighted by Crippen LogP contribution is -2.27. The molecule has 0 spiro atoms. The van der Waals surface area contributed by atoms with Crippen molar-refractivity contribution in [2.24, 2.45) is 11.8 Å². The molecule has 1 aromatic heterocycles. The zero-order valence-corrected chi connectivity index (χ0v) is 7.98. The Kier molecular flexibility index (Phi) is 2.36. The van der Waals surface area contributed by atoms with E-state index in [2.05, 4.69) is 12.0 Å². The van der Waals surface area contributed by atoms with Gasteiger partial charge in [0.25, 0.3) is 0 Å². The van der Waals surface area contributed by atoms with Crippen LogP contribution in [0.1, 0.15) is 25.5 Å². The van der Waals surface area contributed by atoms with E-state index in [0.29, 0.717) is 0 Å². The third-order valence-corrected chi connectivity index (χ3v) is 3.08. The summed E-state index contributed by atoms with van der Waals surface area (Å²) in [4.78, 5) is 0. The minimum Gasteiger partial charge on any atom is -0.390 e. The average molecular weight is 180 g/mol. The Labute approximate surface area is 78.4 Å². The maximum Gasteiger partial charge on any atom is 0.0878 e. The summed E-state index contributed by atoms with van der Waals surface area (Å²) in [5.74, 6) is 1.65. The van der Waals surface area contributed by atoms with Crippen LogP contribution in [0.3, 0.4) is 0 Å². The van der Waals surface area contributed by atoms with Crippen LogP contribution in [0.15, 0.2) is 12.3 Å². The van der Waals surface area contributed by atoms with Crippen molar-refractivity contribution in [3.05, 3.63) is 18.0 Å². The first-order valence-electron chi connectivity index (χ1n) is 4.93. The van der Waals surface area contributed by atoms with E-state index >= 15 is 0 Å². The number of hydrogen-bond acceptors (Lipinski definition) is 2. The summed E-state index contributed by atoms with van der Waals surface area (Å²) in [6.07, 6.45) is 4.64. The first-order valence-corrected chi connectivity index (χ1v) is 4.93. The molecule has 1 aliphatic carbocycles. The second-order valence-corrected chi connectivity index (χ2v) is 4.00. The first-order chi connectivity index (χ1) is 6.29. The van der Waals surface area contributed by atoms with Gasteiger partial charge in [-0.25, -0.2) is 0 Å². The molecule has 1 saturated carbocycles. The second kappa shape index (κ2) is 3.50. The zero-order chi connectivity index (χ0) is 9.26. The number of hydrogen-bond donors (Lipinski definition) is 1. The topological polar surface area (TPSA) is 38.0 Å². The lowest BCUT2D eigenvalue weighted by atomic mass is 9.75. The van der Waals surface area contributed by atoms with Gasteiger partial charge >= 0.3 is 0 Å². The Morgan fingerprint density at radius 3 is 2.92 bits per heavy atom. The van der Waals surface area contributed by atoms with Crippen LogP contribution in [0, 0.1) is 11.8 Å². The monoisotopic (exact) mass is 180 g/mol. The van der Waals surface area contributed by atoms with E-state index in [1.54, 1.807) is 0 Å². The van der Waals surface area contributed by atoms with Crippen molar-refractivity contribution < 1.29 is 5.11 Å². The summed E-state index contributed by atoms with van der Waals surface area (Å²) >= 11 is 0. The van der Waals surface area contributed by atoms with Crippen LogP contribution in [-0.2, 0) is 13.2 Å². The maximum absolute atomic E-state index is 8.83. The Balaban J connectivity index is 1.93. The highest BCUT2D eigenvalue weighted by atomic mass is 16.3. The number of aliphatic hydroxyl groups excluding tert-OH is 1. The molecule has 13 heavy (non-hydrogen) atoms. The number of rotatable bonds is 3. The van der Waals surface area contributed by atoms with Gasteiger partial charge in [-0.1, -0.05) is 13.3 Å². The Morgan fingerprint density at radius 1 is 1.62 bits per heavy atom. The lowest BCUT2D eigenvalue weighted by molar-refractivity contribution is 0.164. The van der Waals surface area contributed by atoms with Crippen molar-refractivity contribution in [1.29, 1.82) is 0 Å². The fourth-order valence-electron chi connectivity index (χ4n) is 1.84. The van der Waals surface area contributed by atoms with Crippen LogP contribution >= 0.6 is 0 Å². The van der Waals surface area contributed by atoms with E-state index in [9.17, 15) is 0 Å². The molecule has 0 radical (unpaired) electrons. The van der Waals surface area contributed by atoms with Gasteiger partial charge in [0.1, 0.15) is 0 Å². The predicted octanol–water partition coefficient (Wildman–Crippen LogP) is 1.42. The minimum absolute atomic E-state index is 0.0488. The molecule has 1 aliphatic rings. The Hall–Kier alpha value is -0.830. The molecule has 0 amide bonds. The Morgan fingerprint density at radius 2 is 2.46 bits per heavy atom. The van der Waals surface area contributed by atoms with Crippen LogP contribution in [0.5, 0.6) is 0 Å².